The van der Waals surface area contributed by atoms with Crippen LogP contribution >= 0.6 is 11.8 Å². The monoisotopic (exact) mass is 385 g/mol. The van der Waals surface area contributed by atoms with E-state index in [1.807, 2.05) is 29.2 Å². The van der Waals surface area contributed by atoms with Crippen molar-refractivity contribution in [3.8, 4) is 0 Å². The maximum Gasteiger partial charge on any atom is 0.342 e. The van der Waals surface area contributed by atoms with Crippen LogP contribution in [0.4, 0.5) is 10.1 Å². The Morgan fingerprint density at radius 2 is 2.19 bits per heavy atom. The molecule has 0 radical (unpaired) electrons. The van der Waals surface area contributed by atoms with Gasteiger partial charge in [-0.25, -0.2) is 9.18 Å². The van der Waals surface area contributed by atoms with Crippen molar-refractivity contribution in [2.45, 2.75) is 16.4 Å². The maximum absolute atomic E-state index is 14.9. The number of anilines is 1. The molecule has 1 aromatic carbocycles. The Balaban J connectivity index is 1.67. The highest BCUT2D eigenvalue weighted by Crippen LogP contribution is 2.40. The van der Waals surface area contributed by atoms with E-state index < -0.39 is 22.8 Å². The van der Waals surface area contributed by atoms with E-state index in [4.69, 9.17) is 5.73 Å². The van der Waals surface area contributed by atoms with Crippen molar-refractivity contribution in [3.63, 3.8) is 0 Å². The summed E-state index contributed by atoms with van der Waals surface area (Å²) in [6, 6.07) is 2.81. The first-order valence-electron chi connectivity index (χ1n) is 8.55. The van der Waals surface area contributed by atoms with Gasteiger partial charge in [0.05, 0.1) is 27.6 Å². The highest BCUT2D eigenvalue weighted by Gasteiger charge is 2.42. The molecule has 1 aliphatic carbocycles. The first-order valence-corrected chi connectivity index (χ1v) is 9.53. The number of fused-ring (bicyclic) bond motifs is 4. The van der Waals surface area contributed by atoms with Gasteiger partial charge in [-0.2, -0.15) is 0 Å². The Morgan fingerprint density at radius 1 is 1.37 bits per heavy atom. The number of aromatic carboxylic acids is 1. The topological polar surface area (TPSA) is 88.6 Å². The van der Waals surface area contributed by atoms with Crippen molar-refractivity contribution < 1.29 is 14.3 Å². The Labute approximate surface area is 157 Å². The second-order valence-corrected chi connectivity index (χ2v) is 8.11. The number of aromatic nitrogens is 1. The van der Waals surface area contributed by atoms with E-state index in [0.29, 0.717) is 35.2 Å². The standard InChI is InChI=1S/C19H16FN3O3S/c20-12-5-11-13(23-9-27-17(23)15(16(11)24)18(25)26)6-14(12)22-7-10-3-1-2-4-19(10,21)8-22/h1-6,10H,7-9,21H2,(H,25,26). The molecule has 2 unspecified atom stereocenters. The first kappa shape index (κ1) is 16.6. The number of carbonyl (C=O) groups is 1. The second-order valence-electron chi connectivity index (χ2n) is 7.18. The number of rotatable bonds is 2. The van der Waals surface area contributed by atoms with Crippen LogP contribution in [-0.2, 0) is 5.88 Å². The second kappa shape index (κ2) is 5.46. The molecular formula is C19H16FN3O3S. The molecule has 8 heteroatoms. The van der Waals surface area contributed by atoms with Gasteiger partial charge in [0.25, 0.3) is 0 Å². The number of halogens is 1. The molecule has 0 amide bonds. The Hall–Kier alpha value is -2.58. The zero-order chi connectivity index (χ0) is 18.9. The van der Waals surface area contributed by atoms with Crippen LogP contribution in [0, 0.1) is 11.7 Å². The molecule has 0 spiro atoms. The van der Waals surface area contributed by atoms with Gasteiger partial charge in [0.2, 0.25) is 5.43 Å². The number of pyridine rings is 1. The van der Waals surface area contributed by atoms with E-state index in [0.717, 1.165) is 6.07 Å². The summed E-state index contributed by atoms with van der Waals surface area (Å²) >= 11 is 1.31. The third-order valence-corrected chi connectivity index (χ3v) is 6.69. The summed E-state index contributed by atoms with van der Waals surface area (Å²) in [5.74, 6) is -1.20. The molecule has 138 valence electrons. The Bertz CT molecular complexity index is 1140. The molecule has 27 heavy (non-hydrogen) atoms. The average Bonchev–Trinajstić information content (AvgIpc) is 2.94. The number of thioether (sulfide) groups is 1. The SMILES string of the molecule is NC12C=CC=CC1CN(c1cc3c(cc1F)c(=O)c(C(=O)O)c1n3CS1)C2. The average molecular weight is 385 g/mol. The van der Waals surface area contributed by atoms with Crippen molar-refractivity contribution in [1.82, 2.24) is 4.57 Å². The molecule has 3 N–H and O–H groups in total. The predicted molar refractivity (Wildman–Crippen MR) is 102 cm³/mol. The van der Waals surface area contributed by atoms with Crippen LogP contribution in [0.3, 0.4) is 0 Å². The van der Waals surface area contributed by atoms with Crippen LogP contribution in [0.15, 0.2) is 46.3 Å². The van der Waals surface area contributed by atoms with Gasteiger partial charge in [-0.05, 0) is 12.1 Å². The zero-order valence-electron chi connectivity index (χ0n) is 14.2. The normalized spacial score (nSPS) is 25.4. The minimum atomic E-state index is -1.28. The van der Waals surface area contributed by atoms with Gasteiger partial charge < -0.3 is 20.3 Å². The summed E-state index contributed by atoms with van der Waals surface area (Å²) in [4.78, 5) is 25.9. The smallest absolute Gasteiger partial charge is 0.342 e. The number of hydrogen-bond acceptors (Lipinski definition) is 5. The molecule has 0 bridgehead atoms. The van der Waals surface area contributed by atoms with E-state index >= 15 is 0 Å². The maximum atomic E-state index is 14.9. The molecule has 2 atom stereocenters. The lowest BCUT2D eigenvalue weighted by Crippen LogP contribution is -2.46. The van der Waals surface area contributed by atoms with E-state index in [9.17, 15) is 19.1 Å². The molecular weight excluding hydrogens is 369 g/mol. The number of allylic oxidation sites excluding steroid dienone is 2. The van der Waals surface area contributed by atoms with Gasteiger partial charge in [-0.15, -0.1) is 0 Å². The molecule has 2 aliphatic heterocycles. The highest BCUT2D eigenvalue weighted by atomic mass is 32.2. The molecule has 0 saturated carbocycles. The number of nitrogens with two attached hydrogens (primary N) is 1. The lowest BCUT2D eigenvalue weighted by Gasteiger charge is -2.28. The number of hydrogen-bond donors (Lipinski definition) is 2. The van der Waals surface area contributed by atoms with Gasteiger partial charge in [-0.3, -0.25) is 4.79 Å². The minimum Gasteiger partial charge on any atom is -0.477 e. The summed E-state index contributed by atoms with van der Waals surface area (Å²) < 4.78 is 16.7. The van der Waals surface area contributed by atoms with Crippen molar-refractivity contribution in [1.29, 1.82) is 0 Å². The van der Waals surface area contributed by atoms with Crippen molar-refractivity contribution in [3.05, 3.63) is 58.0 Å². The number of carboxylic acids is 1. The number of carboxylic acid groups (broad SMARTS) is 1. The number of nitrogens with zero attached hydrogens (tertiary/aromatic N) is 2. The van der Waals surface area contributed by atoms with Crippen LogP contribution in [0.2, 0.25) is 0 Å². The number of benzene rings is 1. The van der Waals surface area contributed by atoms with Gasteiger partial charge >= 0.3 is 5.97 Å². The summed E-state index contributed by atoms with van der Waals surface area (Å²) in [6.07, 6.45) is 7.84. The van der Waals surface area contributed by atoms with Crippen LogP contribution < -0.4 is 16.1 Å². The zero-order valence-corrected chi connectivity index (χ0v) is 15.0. The van der Waals surface area contributed by atoms with Crippen LogP contribution in [0.1, 0.15) is 10.4 Å². The van der Waals surface area contributed by atoms with Gasteiger partial charge in [0.1, 0.15) is 11.4 Å². The van der Waals surface area contributed by atoms with Crippen molar-refractivity contribution in [2.75, 3.05) is 18.0 Å². The molecule has 6 nitrogen and oxygen atoms in total. The van der Waals surface area contributed by atoms with E-state index in [1.54, 1.807) is 10.6 Å². The van der Waals surface area contributed by atoms with Gasteiger partial charge in [-0.1, -0.05) is 36.1 Å². The predicted octanol–water partition coefficient (Wildman–Crippen LogP) is 2.16. The molecule has 3 aliphatic rings. The third-order valence-electron chi connectivity index (χ3n) is 5.60. The van der Waals surface area contributed by atoms with Crippen molar-refractivity contribution in [2.24, 2.45) is 11.7 Å². The van der Waals surface area contributed by atoms with E-state index in [1.165, 1.54) is 11.8 Å². The molecule has 1 aromatic heterocycles. The lowest BCUT2D eigenvalue weighted by molar-refractivity contribution is 0.0689. The van der Waals surface area contributed by atoms with Crippen LogP contribution in [-0.4, -0.2) is 34.3 Å². The third kappa shape index (κ3) is 2.23. The molecule has 1 saturated heterocycles. The molecule has 1 fully saturated rings. The molecule has 3 heterocycles. The fraction of sp³-hybridized carbons (Fsp3) is 0.263. The lowest BCUT2D eigenvalue weighted by atomic mass is 9.85. The summed E-state index contributed by atoms with van der Waals surface area (Å²) in [7, 11) is 0. The first-order chi connectivity index (χ1) is 12.9. The van der Waals surface area contributed by atoms with Gasteiger partial charge in [0.15, 0.2) is 0 Å². The Morgan fingerprint density at radius 3 is 2.85 bits per heavy atom. The Kier molecular flexibility index (Phi) is 3.36. The summed E-state index contributed by atoms with van der Waals surface area (Å²) in [5, 5.41) is 9.87. The highest BCUT2D eigenvalue weighted by molar-refractivity contribution is 7.99. The van der Waals surface area contributed by atoms with Crippen LogP contribution in [0.25, 0.3) is 10.9 Å². The van der Waals surface area contributed by atoms with Crippen LogP contribution in [0.5, 0.6) is 0 Å². The van der Waals surface area contributed by atoms with E-state index in [-0.39, 0.29) is 16.9 Å². The van der Waals surface area contributed by atoms with Crippen molar-refractivity contribution >= 4 is 34.3 Å². The quantitative estimate of drug-likeness (QED) is 0.824. The summed E-state index contributed by atoms with van der Waals surface area (Å²) in [6.45, 7) is 1.05. The molecule has 5 rings (SSSR count). The molecule has 2 aromatic rings. The fourth-order valence-corrected chi connectivity index (χ4v) is 5.10. The summed E-state index contributed by atoms with van der Waals surface area (Å²) in [5.41, 5.74) is 5.95. The van der Waals surface area contributed by atoms with E-state index in [2.05, 4.69) is 0 Å². The minimum absolute atomic E-state index is 0.0909. The fourth-order valence-electron chi connectivity index (χ4n) is 4.15. The van der Waals surface area contributed by atoms with Gasteiger partial charge in [0, 0.05) is 24.4 Å². The largest absolute Gasteiger partial charge is 0.477 e.